The van der Waals surface area contributed by atoms with E-state index < -0.39 is 0 Å². The lowest BCUT2D eigenvalue weighted by molar-refractivity contribution is 0.0725. The number of aromatic nitrogens is 4. The molecular formula is C18H19N5O2. The van der Waals surface area contributed by atoms with Gasteiger partial charge in [-0.1, -0.05) is 6.07 Å². The quantitative estimate of drug-likeness (QED) is 0.786. The van der Waals surface area contributed by atoms with Crippen LogP contribution in [0.4, 0.5) is 0 Å². The molecule has 25 heavy (non-hydrogen) atoms. The van der Waals surface area contributed by atoms with E-state index in [4.69, 9.17) is 4.74 Å². The Morgan fingerprint density at radius 3 is 3.08 bits per heavy atom. The van der Waals surface area contributed by atoms with Crippen molar-refractivity contribution in [1.82, 2.24) is 25.1 Å². The maximum atomic E-state index is 12.6. The van der Waals surface area contributed by atoms with Gasteiger partial charge in [-0.05, 0) is 30.2 Å². The highest BCUT2D eigenvalue weighted by Gasteiger charge is 2.25. The maximum absolute atomic E-state index is 12.6. The molecule has 1 amide bonds. The summed E-state index contributed by atoms with van der Waals surface area (Å²) < 4.78 is 5.71. The molecule has 0 aliphatic carbocycles. The van der Waals surface area contributed by atoms with Gasteiger partial charge in [0.15, 0.2) is 0 Å². The number of rotatable bonds is 3. The number of nitrogens with one attached hydrogen (secondary N) is 1. The zero-order valence-corrected chi connectivity index (χ0v) is 13.8. The number of nitrogens with zero attached hydrogens (tertiary/aromatic N) is 4. The van der Waals surface area contributed by atoms with Crippen molar-refractivity contribution in [3.05, 3.63) is 54.2 Å². The third-order valence-corrected chi connectivity index (χ3v) is 4.41. The van der Waals surface area contributed by atoms with Gasteiger partial charge >= 0.3 is 0 Å². The molecule has 7 nitrogen and oxygen atoms in total. The van der Waals surface area contributed by atoms with E-state index in [0.717, 1.165) is 17.3 Å². The van der Waals surface area contributed by atoms with E-state index in [0.29, 0.717) is 26.3 Å². The first-order valence-corrected chi connectivity index (χ1v) is 8.35. The summed E-state index contributed by atoms with van der Waals surface area (Å²) in [6.45, 7) is 2.38. The fraction of sp³-hybridized carbons (Fsp3) is 0.333. The normalized spacial score (nSPS) is 18.2. The molecule has 1 aliphatic rings. The molecule has 1 fully saturated rings. The summed E-state index contributed by atoms with van der Waals surface area (Å²) >= 11 is 0. The van der Waals surface area contributed by atoms with E-state index in [1.165, 1.54) is 5.56 Å². The van der Waals surface area contributed by atoms with Crippen molar-refractivity contribution in [3.8, 4) is 0 Å². The van der Waals surface area contributed by atoms with Gasteiger partial charge in [-0.3, -0.25) is 9.89 Å². The van der Waals surface area contributed by atoms with Crippen LogP contribution in [0.3, 0.4) is 0 Å². The highest BCUT2D eigenvalue weighted by Crippen LogP contribution is 2.19. The number of carbonyl (C=O) groups is 1. The zero-order valence-electron chi connectivity index (χ0n) is 13.8. The fourth-order valence-electron chi connectivity index (χ4n) is 3.19. The van der Waals surface area contributed by atoms with Gasteiger partial charge < -0.3 is 9.64 Å². The molecule has 3 aromatic rings. The number of ether oxygens (including phenoxy) is 1. The second-order valence-electron chi connectivity index (χ2n) is 6.26. The molecule has 0 spiro atoms. The number of carbonyl (C=O) groups excluding carboxylic acids is 1. The number of hydrogen-bond acceptors (Lipinski definition) is 5. The summed E-state index contributed by atoms with van der Waals surface area (Å²) in [5, 5.41) is 8.11. The molecule has 1 unspecified atom stereocenters. The van der Waals surface area contributed by atoms with Crippen LogP contribution in [0.15, 0.2) is 42.9 Å². The van der Waals surface area contributed by atoms with Gasteiger partial charge in [0.05, 0.1) is 24.9 Å². The lowest BCUT2D eigenvalue weighted by Gasteiger charge is -2.23. The minimum absolute atomic E-state index is 0.138. The van der Waals surface area contributed by atoms with Crippen molar-refractivity contribution in [2.45, 2.75) is 6.42 Å². The average molecular weight is 337 g/mol. The van der Waals surface area contributed by atoms with Crippen LogP contribution in [0.2, 0.25) is 0 Å². The van der Waals surface area contributed by atoms with Gasteiger partial charge in [0.25, 0.3) is 5.91 Å². The minimum Gasteiger partial charge on any atom is -0.379 e. The Morgan fingerprint density at radius 1 is 1.32 bits per heavy atom. The summed E-state index contributed by atoms with van der Waals surface area (Å²) in [7, 11) is 0. The summed E-state index contributed by atoms with van der Waals surface area (Å²) in [4.78, 5) is 22.6. The highest BCUT2D eigenvalue weighted by molar-refractivity contribution is 5.90. The molecule has 1 atom stereocenters. The lowest BCUT2D eigenvalue weighted by Crippen LogP contribution is -2.37. The van der Waals surface area contributed by atoms with Crippen LogP contribution >= 0.6 is 0 Å². The predicted octanol–water partition coefficient (Wildman–Crippen LogP) is 1.68. The van der Waals surface area contributed by atoms with Crippen molar-refractivity contribution in [3.63, 3.8) is 0 Å². The third-order valence-electron chi connectivity index (χ3n) is 4.41. The topological polar surface area (TPSA) is 84.0 Å². The molecular weight excluding hydrogens is 318 g/mol. The van der Waals surface area contributed by atoms with Crippen molar-refractivity contribution >= 4 is 16.8 Å². The van der Waals surface area contributed by atoms with Crippen LogP contribution in [0.25, 0.3) is 10.9 Å². The van der Waals surface area contributed by atoms with Crippen LogP contribution in [-0.2, 0) is 11.2 Å². The molecule has 0 saturated carbocycles. The lowest BCUT2D eigenvalue weighted by atomic mass is 9.98. The summed E-state index contributed by atoms with van der Waals surface area (Å²) in [5.41, 5.74) is 2.24. The first kappa shape index (κ1) is 15.7. The monoisotopic (exact) mass is 337 g/mol. The Kier molecular flexibility index (Phi) is 4.39. The number of benzene rings is 1. The van der Waals surface area contributed by atoms with Gasteiger partial charge in [-0.15, -0.1) is 0 Å². The molecule has 1 N–H and O–H groups in total. The second-order valence-corrected chi connectivity index (χ2v) is 6.26. The van der Waals surface area contributed by atoms with Gasteiger partial charge in [0.2, 0.25) is 5.82 Å². The average Bonchev–Trinajstić information content (AvgIpc) is 2.99. The van der Waals surface area contributed by atoms with E-state index in [9.17, 15) is 4.79 Å². The second kappa shape index (κ2) is 6.98. The fourth-order valence-corrected chi connectivity index (χ4v) is 3.19. The molecule has 3 heterocycles. The van der Waals surface area contributed by atoms with Crippen molar-refractivity contribution in [2.24, 2.45) is 5.92 Å². The van der Waals surface area contributed by atoms with Gasteiger partial charge in [-0.25, -0.2) is 9.97 Å². The van der Waals surface area contributed by atoms with Gasteiger partial charge in [0.1, 0.15) is 0 Å². The van der Waals surface area contributed by atoms with Crippen molar-refractivity contribution in [2.75, 3.05) is 26.3 Å². The molecule has 0 bridgehead atoms. The van der Waals surface area contributed by atoms with E-state index in [1.54, 1.807) is 23.4 Å². The molecule has 7 heteroatoms. The molecule has 4 rings (SSSR count). The predicted molar refractivity (Wildman–Crippen MR) is 92.0 cm³/mol. The number of aromatic amines is 1. The SMILES string of the molecule is O=C(c1ncccn1)N1CCOCC(Cc2ccc3[nH]ncc3c2)C1. The minimum atomic E-state index is -0.138. The summed E-state index contributed by atoms with van der Waals surface area (Å²) in [5.74, 6) is 0.337. The summed E-state index contributed by atoms with van der Waals surface area (Å²) in [6.07, 6.45) is 5.85. The number of H-pyrrole nitrogens is 1. The number of hydrogen-bond donors (Lipinski definition) is 1. The summed E-state index contributed by atoms with van der Waals surface area (Å²) in [6, 6.07) is 7.97. The molecule has 128 valence electrons. The van der Waals surface area contributed by atoms with Gasteiger partial charge in [0, 0.05) is 36.8 Å². The van der Waals surface area contributed by atoms with E-state index in [2.05, 4.69) is 32.3 Å². The Labute approximate surface area is 145 Å². The maximum Gasteiger partial charge on any atom is 0.291 e. The number of amides is 1. The van der Waals surface area contributed by atoms with Crippen LogP contribution in [-0.4, -0.2) is 57.3 Å². The zero-order chi connectivity index (χ0) is 17.1. The molecule has 2 aromatic heterocycles. The first-order chi connectivity index (χ1) is 12.3. The standard InChI is InChI=1S/C18H19N5O2/c24-18(17-19-4-1-5-20-17)23-6-7-25-12-14(11-23)8-13-2-3-16-15(9-13)10-21-22-16/h1-5,9-10,14H,6-8,11-12H2,(H,21,22). The first-order valence-electron chi connectivity index (χ1n) is 8.35. The van der Waals surface area contributed by atoms with E-state index >= 15 is 0 Å². The Hall–Kier alpha value is -2.80. The molecule has 0 radical (unpaired) electrons. The third kappa shape index (κ3) is 3.51. The largest absolute Gasteiger partial charge is 0.379 e. The van der Waals surface area contributed by atoms with Crippen LogP contribution < -0.4 is 0 Å². The Morgan fingerprint density at radius 2 is 2.20 bits per heavy atom. The number of fused-ring (bicyclic) bond motifs is 1. The van der Waals surface area contributed by atoms with Gasteiger partial charge in [-0.2, -0.15) is 5.10 Å². The van der Waals surface area contributed by atoms with Crippen LogP contribution in [0.1, 0.15) is 16.2 Å². The van der Waals surface area contributed by atoms with E-state index in [1.807, 2.05) is 12.3 Å². The van der Waals surface area contributed by atoms with Crippen LogP contribution in [0.5, 0.6) is 0 Å². The van der Waals surface area contributed by atoms with Crippen molar-refractivity contribution in [1.29, 1.82) is 0 Å². The van der Waals surface area contributed by atoms with Crippen LogP contribution in [0, 0.1) is 5.92 Å². The Bertz CT molecular complexity index is 864. The van der Waals surface area contributed by atoms with Crippen molar-refractivity contribution < 1.29 is 9.53 Å². The van der Waals surface area contributed by atoms with E-state index in [-0.39, 0.29) is 17.6 Å². The molecule has 1 aliphatic heterocycles. The highest BCUT2D eigenvalue weighted by atomic mass is 16.5. The molecule has 1 saturated heterocycles. The Balaban J connectivity index is 1.48. The smallest absolute Gasteiger partial charge is 0.291 e. The molecule has 1 aromatic carbocycles.